The summed E-state index contributed by atoms with van der Waals surface area (Å²) in [5.74, 6) is 0. The zero-order chi connectivity index (χ0) is 14.7. The highest BCUT2D eigenvalue weighted by Crippen LogP contribution is 2.34. The number of nitriles is 1. The van der Waals surface area contributed by atoms with E-state index < -0.39 is 6.10 Å². The number of anilines is 2. The summed E-state index contributed by atoms with van der Waals surface area (Å²) >= 11 is 3.52. The molecule has 3 nitrogen and oxygen atoms in total. The van der Waals surface area contributed by atoms with Gasteiger partial charge in [-0.25, -0.2) is 0 Å². The number of aliphatic hydroxyl groups is 1. The first-order valence-corrected chi connectivity index (χ1v) is 7.04. The summed E-state index contributed by atoms with van der Waals surface area (Å²) in [5, 5.41) is 18.8. The first-order valence-electron chi connectivity index (χ1n) is 6.25. The lowest BCUT2D eigenvalue weighted by atomic mass is 10.1. The zero-order valence-electron chi connectivity index (χ0n) is 11.3. The van der Waals surface area contributed by atoms with Gasteiger partial charge in [0.1, 0.15) is 6.07 Å². The van der Waals surface area contributed by atoms with Gasteiger partial charge in [-0.05, 0) is 52.7 Å². The molecule has 0 saturated carbocycles. The van der Waals surface area contributed by atoms with Gasteiger partial charge in [-0.15, -0.1) is 0 Å². The molecule has 0 radical (unpaired) electrons. The Morgan fingerprint density at radius 1 is 1.20 bits per heavy atom. The molecule has 2 rings (SSSR count). The predicted octanol–water partition coefficient (Wildman–Crippen LogP) is 4.14. The van der Waals surface area contributed by atoms with Gasteiger partial charge in [-0.3, -0.25) is 0 Å². The minimum absolute atomic E-state index is 0.503. The van der Waals surface area contributed by atoms with Crippen LogP contribution in [0.3, 0.4) is 0 Å². The topological polar surface area (TPSA) is 47.3 Å². The second-order valence-corrected chi connectivity index (χ2v) is 5.43. The van der Waals surface area contributed by atoms with E-state index in [0.717, 1.165) is 21.4 Å². The van der Waals surface area contributed by atoms with Gasteiger partial charge < -0.3 is 10.0 Å². The highest BCUT2D eigenvalue weighted by atomic mass is 79.9. The average molecular weight is 331 g/mol. The Labute approximate surface area is 127 Å². The fourth-order valence-electron chi connectivity index (χ4n) is 2.05. The summed E-state index contributed by atoms with van der Waals surface area (Å²) in [6.07, 6.45) is -0.503. The van der Waals surface area contributed by atoms with Crippen LogP contribution in [0, 0.1) is 11.3 Å². The highest BCUT2D eigenvalue weighted by molar-refractivity contribution is 9.10. The van der Waals surface area contributed by atoms with E-state index in [-0.39, 0.29) is 0 Å². The number of hydrogen-bond donors (Lipinski definition) is 1. The number of halogens is 1. The summed E-state index contributed by atoms with van der Waals surface area (Å²) in [7, 11) is 1.91. The van der Waals surface area contributed by atoms with Crippen LogP contribution >= 0.6 is 15.9 Å². The molecule has 0 heterocycles. The van der Waals surface area contributed by atoms with Crippen molar-refractivity contribution in [2.45, 2.75) is 13.0 Å². The molecule has 0 aliphatic carbocycles. The third-order valence-electron chi connectivity index (χ3n) is 3.20. The molecule has 0 unspecified atom stereocenters. The second-order valence-electron chi connectivity index (χ2n) is 4.57. The van der Waals surface area contributed by atoms with Crippen molar-refractivity contribution in [1.29, 1.82) is 5.26 Å². The van der Waals surface area contributed by atoms with Gasteiger partial charge in [-0.1, -0.05) is 18.2 Å². The van der Waals surface area contributed by atoms with Gasteiger partial charge in [0.2, 0.25) is 0 Å². The summed E-state index contributed by atoms with van der Waals surface area (Å²) in [6, 6.07) is 15.4. The lowest BCUT2D eigenvalue weighted by molar-refractivity contribution is 0.199. The minimum atomic E-state index is -0.503. The van der Waals surface area contributed by atoms with Gasteiger partial charge in [0.05, 0.1) is 23.0 Å². The summed E-state index contributed by atoms with van der Waals surface area (Å²) in [6.45, 7) is 1.73. The first-order chi connectivity index (χ1) is 9.54. The molecule has 0 aliphatic heterocycles. The van der Waals surface area contributed by atoms with Crippen molar-refractivity contribution in [1.82, 2.24) is 0 Å². The Balaban J connectivity index is 2.44. The number of benzene rings is 2. The number of aliphatic hydroxyl groups excluding tert-OH is 1. The number of hydrogen-bond acceptors (Lipinski definition) is 3. The van der Waals surface area contributed by atoms with E-state index in [2.05, 4.69) is 22.0 Å². The molecule has 0 amide bonds. The first kappa shape index (κ1) is 14.6. The zero-order valence-corrected chi connectivity index (χ0v) is 12.9. The van der Waals surface area contributed by atoms with Crippen molar-refractivity contribution < 1.29 is 5.11 Å². The Morgan fingerprint density at radius 3 is 2.50 bits per heavy atom. The summed E-state index contributed by atoms with van der Waals surface area (Å²) in [5.41, 5.74) is 3.27. The van der Waals surface area contributed by atoms with E-state index in [1.54, 1.807) is 13.0 Å². The van der Waals surface area contributed by atoms with E-state index >= 15 is 0 Å². The van der Waals surface area contributed by atoms with Crippen LogP contribution in [0.15, 0.2) is 46.9 Å². The van der Waals surface area contributed by atoms with Crippen molar-refractivity contribution >= 4 is 27.3 Å². The quantitative estimate of drug-likeness (QED) is 0.919. The van der Waals surface area contributed by atoms with Gasteiger partial charge in [0.15, 0.2) is 0 Å². The lowest BCUT2D eigenvalue weighted by Gasteiger charge is -2.22. The molecular weight excluding hydrogens is 316 g/mol. The number of para-hydroxylation sites is 1. The molecule has 1 atom stereocenters. The molecule has 20 heavy (non-hydrogen) atoms. The molecule has 0 aromatic heterocycles. The summed E-state index contributed by atoms with van der Waals surface area (Å²) < 4.78 is 0.881. The van der Waals surface area contributed by atoms with Crippen LogP contribution in [0.25, 0.3) is 0 Å². The van der Waals surface area contributed by atoms with Crippen molar-refractivity contribution in [3.63, 3.8) is 0 Å². The molecule has 0 saturated heterocycles. The average Bonchev–Trinajstić information content (AvgIpc) is 2.46. The van der Waals surface area contributed by atoms with Gasteiger partial charge in [0, 0.05) is 11.5 Å². The Morgan fingerprint density at radius 2 is 1.90 bits per heavy atom. The van der Waals surface area contributed by atoms with Crippen LogP contribution in [0.2, 0.25) is 0 Å². The largest absolute Gasteiger partial charge is 0.389 e. The maximum atomic E-state index is 9.60. The molecule has 0 fully saturated rings. The maximum Gasteiger partial charge on any atom is 0.101 e. The predicted molar refractivity (Wildman–Crippen MR) is 84.0 cm³/mol. The Hall–Kier alpha value is -1.83. The molecule has 102 valence electrons. The molecule has 2 aromatic carbocycles. The van der Waals surface area contributed by atoms with Gasteiger partial charge >= 0.3 is 0 Å². The standard InChI is InChI=1S/C16H15BrN2O/c1-11(20)12-7-8-16(14(17)9-12)19(2)15-6-4-3-5-13(15)10-18/h3-9,11,20H,1-2H3/t11-/m1/s1. The Bertz CT molecular complexity index is 662. The van der Waals surface area contributed by atoms with Crippen molar-refractivity contribution in [2.75, 3.05) is 11.9 Å². The third kappa shape index (κ3) is 2.84. The van der Waals surface area contributed by atoms with Gasteiger partial charge in [-0.2, -0.15) is 5.26 Å². The third-order valence-corrected chi connectivity index (χ3v) is 3.84. The fraction of sp³-hybridized carbons (Fsp3) is 0.188. The van der Waals surface area contributed by atoms with Crippen LogP contribution in [0.5, 0.6) is 0 Å². The smallest absolute Gasteiger partial charge is 0.101 e. The van der Waals surface area contributed by atoms with E-state index in [1.165, 1.54) is 0 Å². The van der Waals surface area contributed by atoms with Crippen molar-refractivity contribution in [3.05, 3.63) is 58.1 Å². The Kier molecular flexibility index (Phi) is 4.43. The van der Waals surface area contributed by atoms with E-state index in [0.29, 0.717) is 5.56 Å². The lowest BCUT2D eigenvalue weighted by Crippen LogP contribution is -2.12. The fourth-order valence-corrected chi connectivity index (χ4v) is 2.71. The van der Waals surface area contributed by atoms with Crippen molar-refractivity contribution in [3.8, 4) is 6.07 Å². The van der Waals surface area contributed by atoms with E-state index in [1.807, 2.05) is 48.3 Å². The maximum absolute atomic E-state index is 9.60. The normalized spacial score (nSPS) is 11.8. The molecule has 4 heteroatoms. The summed E-state index contributed by atoms with van der Waals surface area (Å²) in [4.78, 5) is 1.95. The van der Waals surface area contributed by atoms with Gasteiger partial charge in [0.25, 0.3) is 0 Å². The van der Waals surface area contributed by atoms with E-state index in [4.69, 9.17) is 0 Å². The van der Waals surface area contributed by atoms with Crippen molar-refractivity contribution in [2.24, 2.45) is 0 Å². The molecule has 0 spiro atoms. The highest BCUT2D eigenvalue weighted by Gasteiger charge is 2.13. The number of nitrogens with zero attached hydrogens (tertiary/aromatic N) is 2. The van der Waals surface area contributed by atoms with Crippen LogP contribution in [0.4, 0.5) is 11.4 Å². The SMILES string of the molecule is C[C@@H](O)c1ccc(N(C)c2ccccc2C#N)c(Br)c1. The van der Waals surface area contributed by atoms with Crippen LogP contribution < -0.4 is 4.90 Å². The molecule has 1 N–H and O–H groups in total. The molecule has 2 aromatic rings. The van der Waals surface area contributed by atoms with Crippen LogP contribution in [0.1, 0.15) is 24.2 Å². The monoisotopic (exact) mass is 330 g/mol. The minimum Gasteiger partial charge on any atom is -0.389 e. The van der Waals surface area contributed by atoms with Crippen LogP contribution in [-0.4, -0.2) is 12.2 Å². The molecule has 0 bridgehead atoms. The molecule has 0 aliphatic rings. The second kappa shape index (κ2) is 6.08. The van der Waals surface area contributed by atoms with Crippen LogP contribution in [-0.2, 0) is 0 Å². The van der Waals surface area contributed by atoms with E-state index in [9.17, 15) is 10.4 Å². The number of rotatable bonds is 3. The molecular formula is C16H15BrN2O.